The Morgan fingerprint density at radius 2 is 1.91 bits per heavy atom. The summed E-state index contributed by atoms with van der Waals surface area (Å²) in [5.41, 5.74) is 3.97. The van der Waals surface area contributed by atoms with Gasteiger partial charge >= 0.3 is 6.18 Å². The van der Waals surface area contributed by atoms with Crippen LogP contribution < -0.4 is 11.1 Å². The van der Waals surface area contributed by atoms with Gasteiger partial charge in [-0.15, -0.1) is 11.3 Å². The van der Waals surface area contributed by atoms with Crippen molar-refractivity contribution < 1.29 is 22.8 Å². The van der Waals surface area contributed by atoms with Crippen LogP contribution in [0.2, 0.25) is 0 Å². The van der Waals surface area contributed by atoms with Gasteiger partial charge in [-0.3, -0.25) is 9.59 Å². The molecule has 23 heavy (non-hydrogen) atoms. The van der Waals surface area contributed by atoms with Crippen molar-refractivity contribution in [2.45, 2.75) is 18.6 Å². The Morgan fingerprint density at radius 1 is 1.26 bits per heavy atom. The van der Waals surface area contributed by atoms with Crippen LogP contribution in [0.1, 0.15) is 28.5 Å². The molecule has 1 aromatic heterocycles. The SMILES string of the molecule is C[C@@](NC(=O)c1cscn1)(C(N)=O)c1cccc(C(F)(F)F)c1. The molecule has 3 N–H and O–H groups in total. The highest BCUT2D eigenvalue weighted by Crippen LogP contribution is 2.32. The first-order chi connectivity index (χ1) is 10.6. The summed E-state index contributed by atoms with van der Waals surface area (Å²) in [6.07, 6.45) is -4.58. The fourth-order valence-electron chi connectivity index (χ4n) is 1.90. The van der Waals surface area contributed by atoms with Crippen molar-refractivity contribution in [3.05, 3.63) is 52.0 Å². The van der Waals surface area contributed by atoms with Crippen molar-refractivity contribution in [2.75, 3.05) is 0 Å². The van der Waals surface area contributed by atoms with Crippen LogP contribution >= 0.6 is 11.3 Å². The highest BCUT2D eigenvalue weighted by Gasteiger charge is 2.38. The summed E-state index contributed by atoms with van der Waals surface area (Å²) in [5, 5.41) is 3.80. The molecule has 122 valence electrons. The minimum absolute atomic E-state index is 0.0504. The predicted octanol–water partition coefficient (Wildman–Crippen LogP) is 2.29. The van der Waals surface area contributed by atoms with E-state index in [-0.39, 0.29) is 11.3 Å². The van der Waals surface area contributed by atoms with Gasteiger partial charge in [0.2, 0.25) is 5.91 Å². The van der Waals surface area contributed by atoms with Crippen LogP contribution in [0.15, 0.2) is 35.2 Å². The summed E-state index contributed by atoms with van der Waals surface area (Å²) in [7, 11) is 0. The number of halogens is 3. The topological polar surface area (TPSA) is 85.1 Å². The van der Waals surface area contributed by atoms with Crippen molar-refractivity contribution in [3.8, 4) is 0 Å². The van der Waals surface area contributed by atoms with E-state index >= 15 is 0 Å². The average Bonchev–Trinajstić information content (AvgIpc) is 3.00. The Kier molecular flexibility index (Phi) is 4.42. The number of aromatic nitrogens is 1. The van der Waals surface area contributed by atoms with Crippen LogP contribution in [0.5, 0.6) is 0 Å². The summed E-state index contributed by atoms with van der Waals surface area (Å²) in [6, 6.07) is 4.09. The molecule has 0 saturated heterocycles. The molecule has 0 radical (unpaired) electrons. The number of nitrogens with one attached hydrogen (secondary N) is 1. The lowest BCUT2D eigenvalue weighted by Gasteiger charge is -2.28. The Balaban J connectivity index is 2.41. The first-order valence-electron chi connectivity index (χ1n) is 6.33. The van der Waals surface area contributed by atoms with Gasteiger partial charge in [-0.2, -0.15) is 13.2 Å². The Morgan fingerprint density at radius 3 is 2.43 bits per heavy atom. The predicted molar refractivity (Wildman–Crippen MR) is 77.6 cm³/mol. The van der Waals surface area contributed by atoms with E-state index < -0.39 is 29.1 Å². The van der Waals surface area contributed by atoms with Crippen molar-refractivity contribution in [1.29, 1.82) is 0 Å². The third kappa shape index (κ3) is 3.50. The molecule has 1 heterocycles. The monoisotopic (exact) mass is 343 g/mol. The molecule has 9 heteroatoms. The van der Waals surface area contributed by atoms with Crippen LogP contribution in [0.4, 0.5) is 13.2 Å². The Hall–Kier alpha value is -2.42. The average molecular weight is 343 g/mol. The normalized spacial score (nSPS) is 14.1. The number of amides is 2. The zero-order chi connectivity index (χ0) is 17.3. The largest absolute Gasteiger partial charge is 0.416 e. The maximum absolute atomic E-state index is 12.8. The quantitative estimate of drug-likeness (QED) is 0.893. The van der Waals surface area contributed by atoms with E-state index in [9.17, 15) is 22.8 Å². The number of rotatable bonds is 4. The number of benzene rings is 1. The molecule has 1 atom stereocenters. The van der Waals surface area contributed by atoms with Gasteiger partial charge < -0.3 is 11.1 Å². The molecular weight excluding hydrogens is 331 g/mol. The molecule has 2 amide bonds. The van der Waals surface area contributed by atoms with Crippen molar-refractivity contribution in [3.63, 3.8) is 0 Å². The van der Waals surface area contributed by atoms with Crippen LogP contribution in [0, 0.1) is 0 Å². The molecule has 0 fully saturated rings. The van der Waals surface area contributed by atoms with Gasteiger partial charge in [-0.1, -0.05) is 12.1 Å². The molecular formula is C14H12F3N3O2S. The third-order valence-electron chi connectivity index (χ3n) is 3.29. The highest BCUT2D eigenvalue weighted by molar-refractivity contribution is 7.07. The molecule has 2 rings (SSSR count). The molecule has 0 aliphatic carbocycles. The van der Waals surface area contributed by atoms with Gasteiger partial charge in [0.05, 0.1) is 11.1 Å². The van der Waals surface area contributed by atoms with Crippen molar-refractivity contribution >= 4 is 23.2 Å². The highest BCUT2D eigenvalue weighted by atomic mass is 32.1. The maximum atomic E-state index is 12.8. The number of nitrogens with two attached hydrogens (primary N) is 1. The summed E-state index contributed by atoms with van der Waals surface area (Å²) < 4.78 is 38.5. The molecule has 5 nitrogen and oxygen atoms in total. The molecule has 0 unspecified atom stereocenters. The van der Waals surface area contributed by atoms with E-state index in [1.807, 2.05) is 0 Å². The van der Waals surface area contributed by atoms with Crippen LogP contribution in [-0.2, 0) is 16.5 Å². The molecule has 0 saturated carbocycles. The smallest absolute Gasteiger partial charge is 0.367 e. The maximum Gasteiger partial charge on any atom is 0.416 e. The van der Waals surface area contributed by atoms with E-state index in [1.54, 1.807) is 0 Å². The molecule has 0 spiro atoms. The summed E-state index contributed by atoms with van der Waals surface area (Å²) in [5.74, 6) is -1.69. The van der Waals surface area contributed by atoms with Gasteiger partial charge in [-0.25, -0.2) is 4.98 Å². The fraction of sp³-hybridized carbons (Fsp3) is 0.214. The molecule has 0 aliphatic heterocycles. The van der Waals surface area contributed by atoms with Gasteiger partial charge in [0, 0.05) is 5.38 Å². The van der Waals surface area contributed by atoms with Crippen LogP contribution in [0.25, 0.3) is 0 Å². The van der Waals surface area contributed by atoms with E-state index in [0.717, 1.165) is 18.2 Å². The second-order valence-corrected chi connectivity index (χ2v) is 5.61. The zero-order valence-electron chi connectivity index (χ0n) is 11.8. The fourth-order valence-corrected chi connectivity index (χ4v) is 2.43. The number of thiazole rings is 1. The number of nitrogens with zero attached hydrogens (tertiary/aromatic N) is 1. The molecule has 0 aliphatic rings. The molecule has 0 bridgehead atoms. The van der Waals surface area contributed by atoms with Crippen molar-refractivity contribution in [2.24, 2.45) is 5.73 Å². The lowest BCUT2D eigenvalue weighted by Crippen LogP contribution is -2.52. The van der Waals surface area contributed by atoms with Gasteiger partial charge in [-0.05, 0) is 24.6 Å². The van der Waals surface area contributed by atoms with Gasteiger partial charge in [0.25, 0.3) is 5.91 Å². The second kappa shape index (κ2) is 5.99. The van der Waals surface area contributed by atoms with Gasteiger partial charge in [0.1, 0.15) is 11.2 Å². The lowest BCUT2D eigenvalue weighted by molar-refractivity contribution is -0.137. The van der Waals surface area contributed by atoms with E-state index in [2.05, 4.69) is 10.3 Å². The van der Waals surface area contributed by atoms with Crippen LogP contribution in [-0.4, -0.2) is 16.8 Å². The lowest BCUT2D eigenvalue weighted by atomic mass is 9.89. The van der Waals surface area contributed by atoms with E-state index in [1.165, 1.54) is 35.2 Å². The number of primary amides is 1. The van der Waals surface area contributed by atoms with Crippen LogP contribution in [0.3, 0.4) is 0 Å². The number of carbonyl (C=O) groups excluding carboxylic acids is 2. The Bertz CT molecular complexity index is 731. The minimum Gasteiger partial charge on any atom is -0.367 e. The second-order valence-electron chi connectivity index (χ2n) is 4.90. The standard InChI is InChI=1S/C14H12F3N3O2S/c1-13(12(18)22,20-11(21)10-6-23-7-19-10)8-3-2-4-9(5-8)14(15,16)17/h2-7H,1H3,(H2,18,22)(H,20,21)/t13-/m0/s1. The van der Waals surface area contributed by atoms with E-state index in [4.69, 9.17) is 5.73 Å². The minimum atomic E-state index is -4.58. The summed E-state index contributed by atoms with van der Waals surface area (Å²) >= 11 is 1.17. The molecule has 2 aromatic rings. The van der Waals surface area contributed by atoms with Crippen molar-refractivity contribution in [1.82, 2.24) is 10.3 Å². The van der Waals surface area contributed by atoms with E-state index in [0.29, 0.717) is 0 Å². The number of carbonyl (C=O) groups is 2. The van der Waals surface area contributed by atoms with Gasteiger partial charge in [0.15, 0.2) is 0 Å². The first-order valence-corrected chi connectivity index (χ1v) is 7.27. The number of alkyl halides is 3. The zero-order valence-corrected chi connectivity index (χ0v) is 12.7. The number of hydrogen-bond acceptors (Lipinski definition) is 4. The third-order valence-corrected chi connectivity index (χ3v) is 3.88. The first kappa shape index (κ1) is 16.9. The Labute approximate surface area is 133 Å². The number of hydrogen-bond donors (Lipinski definition) is 2. The summed E-state index contributed by atoms with van der Waals surface area (Å²) in [6.45, 7) is 1.25. The summed E-state index contributed by atoms with van der Waals surface area (Å²) in [4.78, 5) is 27.7. The molecule has 1 aromatic carbocycles.